The Morgan fingerprint density at radius 2 is 1.76 bits per heavy atom. The number of aryl methyl sites for hydroxylation is 1. The molecular formula is C18H21N3O4. The Balaban J connectivity index is 1.68. The molecule has 0 aromatic heterocycles. The fraction of sp³-hybridized carbons (Fsp3) is 0.222. The fourth-order valence-electron chi connectivity index (χ4n) is 2.00. The average molecular weight is 343 g/mol. The van der Waals surface area contributed by atoms with E-state index in [0.29, 0.717) is 11.5 Å². The van der Waals surface area contributed by atoms with E-state index in [1.165, 1.54) is 0 Å². The van der Waals surface area contributed by atoms with Gasteiger partial charge in [-0.3, -0.25) is 20.4 Å². The van der Waals surface area contributed by atoms with E-state index in [0.717, 1.165) is 11.3 Å². The maximum atomic E-state index is 11.7. The predicted molar refractivity (Wildman–Crippen MR) is 94.4 cm³/mol. The van der Waals surface area contributed by atoms with Crippen molar-refractivity contribution in [3.63, 3.8) is 0 Å². The molecule has 0 radical (unpaired) electrons. The van der Waals surface area contributed by atoms with Crippen LogP contribution in [0.15, 0.2) is 48.5 Å². The zero-order valence-corrected chi connectivity index (χ0v) is 14.2. The van der Waals surface area contributed by atoms with Crippen LogP contribution in [0.5, 0.6) is 11.5 Å². The minimum Gasteiger partial charge on any atom is -0.497 e. The summed E-state index contributed by atoms with van der Waals surface area (Å²) < 4.78 is 10.5. The fourth-order valence-corrected chi connectivity index (χ4v) is 2.00. The molecule has 25 heavy (non-hydrogen) atoms. The summed E-state index contributed by atoms with van der Waals surface area (Å²) in [4.78, 5) is 23.4. The van der Waals surface area contributed by atoms with Crippen LogP contribution >= 0.6 is 0 Å². The third-order valence-electron chi connectivity index (χ3n) is 3.32. The van der Waals surface area contributed by atoms with Crippen molar-refractivity contribution in [1.29, 1.82) is 0 Å². The number of benzene rings is 2. The molecule has 0 saturated heterocycles. The van der Waals surface area contributed by atoms with Gasteiger partial charge in [0.1, 0.15) is 11.5 Å². The summed E-state index contributed by atoms with van der Waals surface area (Å²) in [6.45, 7) is 1.71. The zero-order valence-electron chi connectivity index (χ0n) is 14.2. The number of amides is 2. The minimum atomic E-state index is -0.446. The Morgan fingerprint density at radius 1 is 1.00 bits per heavy atom. The molecule has 0 spiro atoms. The van der Waals surface area contributed by atoms with Gasteiger partial charge in [-0.05, 0) is 30.7 Å². The van der Waals surface area contributed by atoms with Gasteiger partial charge in [0.05, 0.1) is 13.7 Å². The number of carbonyl (C=O) groups excluding carboxylic acids is 2. The molecule has 2 aromatic carbocycles. The van der Waals surface area contributed by atoms with Crippen LogP contribution in [0, 0.1) is 6.92 Å². The molecule has 0 fully saturated rings. The molecule has 0 aliphatic heterocycles. The number of hydrogen-bond donors (Lipinski definition) is 3. The van der Waals surface area contributed by atoms with Crippen molar-refractivity contribution < 1.29 is 19.1 Å². The number of hydrazine groups is 1. The lowest BCUT2D eigenvalue weighted by molar-refractivity contribution is -0.129. The largest absolute Gasteiger partial charge is 0.497 e. The number of para-hydroxylation sites is 1. The van der Waals surface area contributed by atoms with Gasteiger partial charge in [-0.25, -0.2) is 0 Å². The lowest BCUT2D eigenvalue weighted by Crippen LogP contribution is -2.46. The van der Waals surface area contributed by atoms with E-state index < -0.39 is 5.91 Å². The molecule has 0 bridgehead atoms. The van der Waals surface area contributed by atoms with Crippen LogP contribution in [-0.4, -0.2) is 32.1 Å². The standard InChI is InChI=1S/C18H21N3O4/c1-13-6-3-4-9-16(13)25-12-18(23)21-20-17(22)11-19-14-7-5-8-15(10-14)24-2/h3-10,19H,11-12H2,1-2H3,(H,20,22)(H,21,23). The summed E-state index contributed by atoms with van der Waals surface area (Å²) in [7, 11) is 1.57. The first-order chi connectivity index (χ1) is 12.1. The van der Waals surface area contributed by atoms with Crippen LogP contribution in [-0.2, 0) is 9.59 Å². The zero-order chi connectivity index (χ0) is 18.1. The van der Waals surface area contributed by atoms with Gasteiger partial charge in [0.15, 0.2) is 6.61 Å². The van der Waals surface area contributed by atoms with Gasteiger partial charge >= 0.3 is 0 Å². The normalized spacial score (nSPS) is 9.84. The van der Waals surface area contributed by atoms with Crippen molar-refractivity contribution in [2.45, 2.75) is 6.92 Å². The third kappa shape index (κ3) is 6.06. The molecule has 0 atom stereocenters. The molecule has 0 aliphatic carbocycles. The molecule has 3 N–H and O–H groups in total. The molecule has 132 valence electrons. The first-order valence-electron chi connectivity index (χ1n) is 7.72. The van der Waals surface area contributed by atoms with Crippen molar-refractivity contribution >= 4 is 17.5 Å². The Hall–Kier alpha value is -3.22. The van der Waals surface area contributed by atoms with E-state index in [1.807, 2.05) is 37.3 Å². The monoisotopic (exact) mass is 343 g/mol. The Kier molecular flexibility index (Phi) is 6.65. The molecule has 2 amide bonds. The second kappa shape index (κ2) is 9.17. The SMILES string of the molecule is COc1cccc(NCC(=O)NNC(=O)COc2ccccc2C)c1. The molecule has 0 saturated carbocycles. The van der Waals surface area contributed by atoms with Crippen molar-refractivity contribution in [1.82, 2.24) is 10.9 Å². The van der Waals surface area contributed by atoms with Crippen LogP contribution in [0.4, 0.5) is 5.69 Å². The number of ether oxygens (including phenoxy) is 2. The topological polar surface area (TPSA) is 88.7 Å². The number of hydrogen-bond acceptors (Lipinski definition) is 5. The van der Waals surface area contributed by atoms with E-state index in [4.69, 9.17) is 9.47 Å². The summed E-state index contributed by atoms with van der Waals surface area (Å²) in [6.07, 6.45) is 0. The first-order valence-corrected chi connectivity index (χ1v) is 7.72. The van der Waals surface area contributed by atoms with Gasteiger partial charge in [0.25, 0.3) is 11.8 Å². The molecule has 7 nitrogen and oxygen atoms in total. The second-order valence-corrected chi connectivity index (χ2v) is 5.24. The molecule has 2 rings (SSSR count). The number of nitrogens with one attached hydrogen (secondary N) is 3. The molecule has 2 aromatic rings. The predicted octanol–water partition coefficient (Wildman–Crippen LogP) is 1.64. The third-order valence-corrected chi connectivity index (χ3v) is 3.32. The van der Waals surface area contributed by atoms with Crippen LogP contribution in [0.3, 0.4) is 0 Å². The summed E-state index contributed by atoms with van der Waals surface area (Å²) in [5, 5.41) is 2.93. The molecule has 0 aliphatic rings. The Morgan fingerprint density at radius 3 is 2.52 bits per heavy atom. The molecule has 0 unspecified atom stereocenters. The Bertz CT molecular complexity index is 734. The van der Waals surface area contributed by atoms with E-state index in [-0.39, 0.29) is 19.1 Å². The van der Waals surface area contributed by atoms with E-state index in [2.05, 4.69) is 16.2 Å². The van der Waals surface area contributed by atoms with E-state index >= 15 is 0 Å². The van der Waals surface area contributed by atoms with Crippen molar-refractivity contribution in [3.05, 3.63) is 54.1 Å². The number of anilines is 1. The van der Waals surface area contributed by atoms with Crippen molar-refractivity contribution in [3.8, 4) is 11.5 Å². The Labute approximate surface area is 146 Å². The van der Waals surface area contributed by atoms with Crippen LogP contribution in [0.1, 0.15) is 5.56 Å². The van der Waals surface area contributed by atoms with E-state index in [1.54, 1.807) is 25.3 Å². The van der Waals surface area contributed by atoms with Crippen molar-refractivity contribution in [2.24, 2.45) is 0 Å². The molecule has 0 heterocycles. The summed E-state index contributed by atoms with van der Waals surface area (Å²) in [5.74, 6) is 0.487. The highest BCUT2D eigenvalue weighted by Gasteiger charge is 2.07. The smallest absolute Gasteiger partial charge is 0.276 e. The lowest BCUT2D eigenvalue weighted by Gasteiger charge is -2.11. The van der Waals surface area contributed by atoms with Crippen molar-refractivity contribution in [2.75, 3.05) is 25.6 Å². The minimum absolute atomic E-state index is 0.00605. The maximum absolute atomic E-state index is 11.7. The quantitative estimate of drug-likeness (QED) is 0.665. The highest BCUT2D eigenvalue weighted by molar-refractivity contribution is 5.85. The van der Waals surface area contributed by atoms with Gasteiger partial charge in [-0.1, -0.05) is 24.3 Å². The molecule has 7 heteroatoms. The van der Waals surface area contributed by atoms with Crippen LogP contribution in [0.25, 0.3) is 0 Å². The van der Waals surface area contributed by atoms with Gasteiger partial charge in [-0.15, -0.1) is 0 Å². The van der Waals surface area contributed by atoms with Gasteiger partial charge in [0.2, 0.25) is 0 Å². The van der Waals surface area contributed by atoms with Gasteiger partial charge < -0.3 is 14.8 Å². The second-order valence-electron chi connectivity index (χ2n) is 5.24. The van der Waals surface area contributed by atoms with Gasteiger partial charge in [-0.2, -0.15) is 0 Å². The summed E-state index contributed by atoms with van der Waals surface area (Å²) >= 11 is 0. The van der Waals surface area contributed by atoms with E-state index in [9.17, 15) is 9.59 Å². The first kappa shape index (κ1) is 18.1. The van der Waals surface area contributed by atoms with Crippen LogP contribution < -0.4 is 25.6 Å². The van der Waals surface area contributed by atoms with Gasteiger partial charge in [0, 0.05) is 11.8 Å². The maximum Gasteiger partial charge on any atom is 0.276 e. The average Bonchev–Trinajstić information content (AvgIpc) is 2.64. The number of methoxy groups -OCH3 is 1. The number of rotatable bonds is 7. The summed E-state index contributed by atoms with van der Waals surface area (Å²) in [5.41, 5.74) is 6.29. The lowest BCUT2D eigenvalue weighted by atomic mass is 10.2. The summed E-state index contributed by atoms with van der Waals surface area (Å²) in [6, 6.07) is 14.6. The number of carbonyl (C=O) groups is 2. The van der Waals surface area contributed by atoms with Crippen LogP contribution in [0.2, 0.25) is 0 Å². The highest BCUT2D eigenvalue weighted by atomic mass is 16.5. The molecular weight excluding hydrogens is 322 g/mol. The highest BCUT2D eigenvalue weighted by Crippen LogP contribution is 2.16.